The van der Waals surface area contributed by atoms with Crippen molar-refractivity contribution >= 4 is 5.91 Å². The Balaban J connectivity index is 2.14. The monoisotopic (exact) mass is 199 g/mol. The van der Waals surface area contributed by atoms with Gasteiger partial charge in [-0.1, -0.05) is 6.92 Å². The Hall–Kier alpha value is -0.570. The first-order valence-electron chi connectivity index (χ1n) is 5.49. The molecule has 0 heterocycles. The van der Waals surface area contributed by atoms with Crippen molar-refractivity contribution in [3.05, 3.63) is 0 Å². The number of carbonyl (C=O) groups excluding carboxylic acids is 1. The van der Waals surface area contributed by atoms with Gasteiger partial charge >= 0.3 is 0 Å². The molecule has 1 aliphatic carbocycles. The first kappa shape index (κ1) is 11.5. The van der Waals surface area contributed by atoms with Crippen LogP contribution in [0, 0.1) is 5.92 Å². The minimum Gasteiger partial charge on any atom is -0.369 e. The van der Waals surface area contributed by atoms with E-state index in [1.165, 1.54) is 6.42 Å². The van der Waals surface area contributed by atoms with Gasteiger partial charge in [0, 0.05) is 6.04 Å². The van der Waals surface area contributed by atoms with Crippen LogP contribution < -0.4 is 5.32 Å². The molecule has 1 rings (SSSR count). The van der Waals surface area contributed by atoms with Crippen LogP contribution in [-0.4, -0.2) is 24.7 Å². The van der Waals surface area contributed by atoms with Crippen molar-refractivity contribution in [3.8, 4) is 0 Å². The van der Waals surface area contributed by atoms with Gasteiger partial charge in [-0.15, -0.1) is 0 Å². The van der Waals surface area contributed by atoms with Crippen molar-refractivity contribution < 1.29 is 9.53 Å². The largest absolute Gasteiger partial charge is 0.369 e. The number of hydrogen-bond donors (Lipinski definition) is 1. The Morgan fingerprint density at radius 1 is 1.50 bits per heavy atom. The lowest BCUT2D eigenvalue weighted by atomic mass is 10.1. The predicted octanol–water partition coefficient (Wildman–Crippen LogP) is 1.72. The SMILES string of the molecule is CC1CCC(NC(=O)COC(C)C)C1. The summed E-state index contributed by atoms with van der Waals surface area (Å²) in [5.74, 6) is 0.782. The van der Waals surface area contributed by atoms with Crippen LogP contribution in [0.4, 0.5) is 0 Å². The Kier molecular flexibility index (Phi) is 4.39. The maximum Gasteiger partial charge on any atom is 0.246 e. The van der Waals surface area contributed by atoms with E-state index >= 15 is 0 Å². The molecule has 0 spiro atoms. The van der Waals surface area contributed by atoms with Crippen LogP contribution in [-0.2, 0) is 9.53 Å². The zero-order chi connectivity index (χ0) is 10.6. The summed E-state index contributed by atoms with van der Waals surface area (Å²) in [5.41, 5.74) is 0. The minimum atomic E-state index is 0.0257. The topological polar surface area (TPSA) is 38.3 Å². The van der Waals surface area contributed by atoms with E-state index in [4.69, 9.17) is 4.74 Å². The molecule has 0 bridgehead atoms. The van der Waals surface area contributed by atoms with Crippen LogP contribution in [0.2, 0.25) is 0 Å². The van der Waals surface area contributed by atoms with Gasteiger partial charge < -0.3 is 10.1 Å². The quantitative estimate of drug-likeness (QED) is 0.748. The molecule has 0 saturated heterocycles. The van der Waals surface area contributed by atoms with Crippen LogP contribution in [0.5, 0.6) is 0 Å². The summed E-state index contributed by atoms with van der Waals surface area (Å²) >= 11 is 0. The van der Waals surface area contributed by atoms with Gasteiger partial charge in [-0.05, 0) is 39.0 Å². The third-order valence-electron chi connectivity index (χ3n) is 2.61. The van der Waals surface area contributed by atoms with Crippen molar-refractivity contribution in [2.45, 2.75) is 52.2 Å². The summed E-state index contributed by atoms with van der Waals surface area (Å²) in [4.78, 5) is 11.4. The summed E-state index contributed by atoms with van der Waals surface area (Å²) in [6.45, 7) is 6.30. The molecule has 14 heavy (non-hydrogen) atoms. The molecular weight excluding hydrogens is 178 g/mol. The molecule has 0 aliphatic heterocycles. The Labute approximate surface area is 86.2 Å². The number of ether oxygens (including phenoxy) is 1. The molecule has 0 radical (unpaired) electrons. The van der Waals surface area contributed by atoms with Crippen LogP contribution in [0.15, 0.2) is 0 Å². The Morgan fingerprint density at radius 3 is 2.71 bits per heavy atom. The predicted molar refractivity (Wildman–Crippen MR) is 56.0 cm³/mol. The average molecular weight is 199 g/mol. The molecular formula is C11H21NO2. The fraction of sp³-hybridized carbons (Fsp3) is 0.909. The van der Waals surface area contributed by atoms with Gasteiger partial charge in [0.1, 0.15) is 6.61 Å². The highest BCUT2D eigenvalue weighted by Crippen LogP contribution is 2.24. The first-order chi connectivity index (χ1) is 6.58. The van der Waals surface area contributed by atoms with Crippen molar-refractivity contribution in [2.24, 2.45) is 5.92 Å². The summed E-state index contributed by atoms with van der Waals surface area (Å²) in [5, 5.41) is 3.00. The standard InChI is InChI=1S/C11H21NO2/c1-8(2)14-7-11(13)12-10-5-4-9(3)6-10/h8-10H,4-7H2,1-3H3,(H,12,13). The van der Waals surface area contributed by atoms with Crippen LogP contribution in [0.3, 0.4) is 0 Å². The molecule has 1 amide bonds. The summed E-state index contributed by atoms with van der Waals surface area (Å²) in [6, 6.07) is 0.383. The lowest BCUT2D eigenvalue weighted by Crippen LogP contribution is -2.36. The molecule has 82 valence electrons. The van der Waals surface area contributed by atoms with Crippen LogP contribution in [0.1, 0.15) is 40.0 Å². The second-order valence-electron chi connectivity index (χ2n) is 4.54. The van der Waals surface area contributed by atoms with E-state index < -0.39 is 0 Å². The molecule has 2 unspecified atom stereocenters. The van der Waals surface area contributed by atoms with E-state index in [2.05, 4.69) is 12.2 Å². The molecule has 1 aliphatic rings. The number of amides is 1. The van der Waals surface area contributed by atoms with Gasteiger partial charge in [-0.2, -0.15) is 0 Å². The van der Waals surface area contributed by atoms with E-state index in [-0.39, 0.29) is 18.6 Å². The van der Waals surface area contributed by atoms with Crippen LogP contribution in [0.25, 0.3) is 0 Å². The van der Waals surface area contributed by atoms with Gasteiger partial charge in [0.2, 0.25) is 5.91 Å². The second-order valence-corrected chi connectivity index (χ2v) is 4.54. The highest BCUT2D eigenvalue weighted by molar-refractivity contribution is 5.77. The molecule has 1 saturated carbocycles. The zero-order valence-electron chi connectivity index (χ0n) is 9.38. The fourth-order valence-electron chi connectivity index (χ4n) is 1.85. The third kappa shape index (κ3) is 4.09. The lowest BCUT2D eigenvalue weighted by Gasteiger charge is -2.13. The van der Waals surface area contributed by atoms with Crippen molar-refractivity contribution in [1.82, 2.24) is 5.32 Å². The molecule has 3 nitrogen and oxygen atoms in total. The number of rotatable bonds is 4. The number of carbonyl (C=O) groups is 1. The first-order valence-corrected chi connectivity index (χ1v) is 5.49. The lowest BCUT2D eigenvalue weighted by molar-refractivity contribution is -0.127. The minimum absolute atomic E-state index is 0.0257. The summed E-state index contributed by atoms with van der Waals surface area (Å²) in [6.07, 6.45) is 3.60. The smallest absolute Gasteiger partial charge is 0.246 e. The van der Waals surface area contributed by atoms with Gasteiger partial charge in [-0.3, -0.25) is 4.79 Å². The summed E-state index contributed by atoms with van der Waals surface area (Å²) in [7, 11) is 0. The van der Waals surface area contributed by atoms with Crippen molar-refractivity contribution in [1.29, 1.82) is 0 Å². The fourth-order valence-corrected chi connectivity index (χ4v) is 1.85. The third-order valence-corrected chi connectivity index (χ3v) is 2.61. The Morgan fingerprint density at radius 2 is 2.21 bits per heavy atom. The maximum atomic E-state index is 11.4. The zero-order valence-corrected chi connectivity index (χ0v) is 9.38. The highest BCUT2D eigenvalue weighted by Gasteiger charge is 2.22. The van der Waals surface area contributed by atoms with Gasteiger partial charge in [0.15, 0.2) is 0 Å². The highest BCUT2D eigenvalue weighted by atomic mass is 16.5. The van der Waals surface area contributed by atoms with Crippen LogP contribution >= 0.6 is 0 Å². The Bertz CT molecular complexity index is 192. The second kappa shape index (κ2) is 5.35. The molecule has 1 fully saturated rings. The maximum absolute atomic E-state index is 11.4. The molecule has 0 aromatic rings. The molecule has 0 aromatic heterocycles. The molecule has 3 heteroatoms. The van der Waals surface area contributed by atoms with E-state index in [1.54, 1.807) is 0 Å². The molecule has 1 N–H and O–H groups in total. The number of hydrogen-bond acceptors (Lipinski definition) is 2. The van der Waals surface area contributed by atoms with E-state index in [1.807, 2.05) is 13.8 Å². The van der Waals surface area contributed by atoms with Crippen molar-refractivity contribution in [3.63, 3.8) is 0 Å². The van der Waals surface area contributed by atoms with Crippen molar-refractivity contribution in [2.75, 3.05) is 6.61 Å². The number of nitrogens with one attached hydrogen (secondary N) is 1. The van der Waals surface area contributed by atoms with Gasteiger partial charge in [0.25, 0.3) is 0 Å². The molecule has 0 aromatic carbocycles. The average Bonchev–Trinajstić information content (AvgIpc) is 2.48. The van der Waals surface area contributed by atoms with E-state index in [9.17, 15) is 4.79 Å². The van der Waals surface area contributed by atoms with E-state index in [0.717, 1.165) is 18.8 Å². The normalized spacial score (nSPS) is 26.9. The van der Waals surface area contributed by atoms with Gasteiger partial charge in [0.05, 0.1) is 6.10 Å². The molecule has 2 atom stereocenters. The summed E-state index contributed by atoms with van der Waals surface area (Å²) < 4.78 is 5.23. The van der Waals surface area contributed by atoms with E-state index in [0.29, 0.717) is 6.04 Å². The van der Waals surface area contributed by atoms with Gasteiger partial charge in [-0.25, -0.2) is 0 Å².